The normalized spacial score (nSPS) is 10.1. The number of hydrogen-bond donors (Lipinski definition) is 0. The van der Waals surface area contributed by atoms with Gasteiger partial charge in [-0.25, -0.2) is 0 Å². The van der Waals surface area contributed by atoms with Crippen LogP contribution >= 0.6 is 0 Å². The Hall–Kier alpha value is -1.10. The standard InChI is InChI=1S/C12H23NO4/c1-4-6-11(14)13(8-5-10-16-2)9-7-12(15)17-3/h4-10H2,1-3H3. The molecule has 0 aliphatic carbocycles. The van der Waals surface area contributed by atoms with Gasteiger partial charge in [0.15, 0.2) is 0 Å². The molecule has 17 heavy (non-hydrogen) atoms. The third-order valence-corrected chi connectivity index (χ3v) is 2.41. The van der Waals surface area contributed by atoms with Gasteiger partial charge >= 0.3 is 5.97 Å². The average Bonchev–Trinajstić information content (AvgIpc) is 2.33. The first-order valence-corrected chi connectivity index (χ1v) is 5.99. The van der Waals surface area contributed by atoms with Crippen LogP contribution in [-0.4, -0.2) is 50.7 Å². The molecule has 0 saturated heterocycles. The van der Waals surface area contributed by atoms with Crippen LogP contribution in [0.5, 0.6) is 0 Å². The molecule has 0 aliphatic rings. The molecule has 5 heteroatoms. The Kier molecular flexibility index (Phi) is 9.43. The first-order chi connectivity index (χ1) is 8.15. The molecule has 0 heterocycles. The van der Waals surface area contributed by atoms with E-state index >= 15 is 0 Å². The molecule has 0 bridgehead atoms. The molecule has 0 spiro atoms. The topological polar surface area (TPSA) is 55.8 Å². The molecule has 0 radical (unpaired) electrons. The number of carbonyl (C=O) groups is 2. The van der Waals surface area contributed by atoms with Crippen molar-refractivity contribution in [3.63, 3.8) is 0 Å². The Bertz CT molecular complexity index is 231. The number of carbonyl (C=O) groups excluding carboxylic acids is 2. The van der Waals surface area contributed by atoms with Crippen molar-refractivity contribution in [2.45, 2.75) is 32.6 Å². The predicted octanol–water partition coefficient (Wildman–Crippen LogP) is 1.21. The van der Waals surface area contributed by atoms with E-state index in [9.17, 15) is 9.59 Å². The van der Waals surface area contributed by atoms with Gasteiger partial charge in [-0.2, -0.15) is 0 Å². The Morgan fingerprint density at radius 2 is 1.82 bits per heavy atom. The van der Waals surface area contributed by atoms with E-state index in [1.54, 1.807) is 12.0 Å². The van der Waals surface area contributed by atoms with Crippen LogP contribution in [0.15, 0.2) is 0 Å². The summed E-state index contributed by atoms with van der Waals surface area (Å²) in [6.45, 7) is 3.64. The number of nitrogens with zero attached hydrogens (tertiary/aromatic N) is 1. The second-order valence-electron chi connectivity index (χ2n) is 3.80. The second kappa shape index (κ2) is 10.1. The quantitative estimate of drug-likeness (QED) is 0.452. The minimum absolute atomic E-state index is 0.0903. The van der Waals surface area contributed by atoms with E-state index in [-0.39, 0.29) is 18.3 Å². The van der Waals surface area contributed by atoms with Crippen molar-refractivity contribution in [2.75, 3.05) is 33.9 Å². The van der Waals surface area contributed by atoms with E-state index in [4.69, 9.17) is 4.74 Å². The highest BCUT2D eigenvalue weighted by Gasteiger charge is 2.13. The summed E-state index contributed by atoms with van der Waals surface area (Å²) >= 11 is 0. The zero-order chi connectivity index (χ0) is 13.1. The lowest BCUT2D eigenvalue weighted by molar-refractivity contribution is -0.141. The van der Waals surface area contributed by atoms with Crippen molar-refractivity contribution in [3.8, 4) is 0 Å². The molecule has 0 aliphatic heterocycles. The van der Waals surface area contributed by atoms with E-state index in [1.165, 1.54) is 7.11 Å². The van der Waals surface area contributed by atoms with Crippen molar-refractivity contribution in [1.29, 1.82) is 0 Å². The fourth-order valence-electron chi connectivity index (χ4n) is 1.46. The molecule has 0 atom stereocenters. The Labute approximate surface area is 103 Å². The molecule has 5 nitrogen and oxygen atoms in total. The number of amides is 1. The first-order valence-electron chi connectivity index (χ1n) is 5.99. The van der Waals surface area contributed by atoms with E-state index in [0.717, 1.165) is 12.8 Å². The SMILES string of the molecule is CCCC(=O)N(CCCOC)CCC(=O)OC. The predicted molar refractivity (Wildman–Crippen MR) is 64.6 cm³/mol. The van der Waals surface area contributed by atoms with Crippen LogP contribution in [0.2, 0.25) is 0 Å². The molecule has 0 aromatic carbocycles. The third kappa shape index (κ3) is 7.74. The fraction of sp³-hybridized carbons (Fsp3) is 0.833. The monoisotopic (exact) mass is 245 g/mol. The van der Waals surface area contributed by atoms with Crippen LogP contribution in [0.1, 0.15) is 32.6 Å². The molecule has 0 saturated carbocycles. The zero-order valence-electron chi connectivity index (χ0n) is 11.0. The summed E-state index contributed by atoms with van der Waals surface area (Å²) in [4.78, 5) is 24.5. The number of rotatable bonds is 9. The first kappa shape index (κ1) is 15.9. The van der Waals surface area contributed by atoms with Crippen molar-refractivity contribution in [2.24, 2.45) is 0 Å². The fourth-order valence-corrected chi connectivity index (χ4v) is 1.46. The van der Waals surface area contributed by atoms with Crippen molar-refractivity contribution in [1.82, 2.24) is 4.90 Å². The maximum atomic E-state index is 11.8. The molecule has 0 aromatic heterocycles. The summed E-state index contributed by atoms with van der Waals surface area (Å²) < 4.78 is 9.51. The van der Waals surface area contributed by atoms with Crippen LogP contribution < -0.4 is 0 Å². The van der Waals surface area contributed by atoms with E-state index in [1.807, 2.05) is 6.92 Å². The van der Waals surface area contributed by atoms with Crippen LogP contribution in [0.3, 0.4) is 0 Å². The van der Waals surface area contributed by atoms with Crippen LogP contribution in [0.25, 0.3) is 0 Å². The molecule has 0 aromatic rings. The van der Waals surface area contributed by atoms with Crippen LogP contribution in [0, 0.1) is 0 Å². The lowest BCUT2D eigenvalue weighted by Crippen LogP contribution is -2.34. The average molecular weight is 245 g/mol. The minimum Gasteiger partial charge on any atom is -0.469 e. The minimum atomic E-state index is -0.286. The highest BCUT2D eigenvalue weighted by Crippen LogP contribution is 2.02. The van der Waals surface area contributed by atoms with Crippen LogP contribution in [-0.2, 0) is 19.1 Å². The maximum Gasteiger partial charge on any atom is 0.307 e. The molecule has 0 N–H and O–H groups in total. The molecule has 0 rings (SSSR count). The van der Waals surface area contributed by atoms with E-state index in [2.05, 4.69) is 4.74 Å². The van der Waals surface area contributed by atoms with Gasteiger partial charge in [-0.05, 0) is 12.8 Å². The Morgan fingerprint density at radius 3 is 2.35 bits per heavy atom. The molecular weight excluding hydrogens is 222 g/mol. The highest BCUT2D eigenvalue weighted by molar-refractivity contribution is 5.77. The summed E-state index contributed by atoms with van der Waals surface area (Å²) in [7, 11) is 2.98. The zero-order valence-corrected chi connectivity index (χ0v) is 11.0. The van der Waals surface area contributed by atoms with Crippen molar-refractivity contribution >= 4 is 11.9 Å². The molecular formula is C12H23NO4. The summed E-state index contributed by atoms with van der Waals surface area (Å²) in [5.41, 5.74) is 0. The Morgan fingerprint density at radius 1 is 1.12 bits per heavy atom. The maximum absolute atomic E-state index is 11.8. The van der Waals surface area contributed by atoms with Crippen LogP contribution in [0.4, 0.5) is 0 Å². The van der Waals surface area contributed by atoms with Gasteiger partial charge in [-0.3, -0.25) is 9.59 Å². The highest BCUT2D eigenvalue weighted by atomic mass is 16.5. The Balaban J connectivity index is 4.09. The summed E-state index contributed by atoms with van der Waals surface area (Å²) in [6, 6.07) is 0. The van der Waals surface area contributed by atoms with Gasteiger partial charge in [0.25, 0.3) is 0 Å². The third-order valence-electron chi connectivity index (χ3n) is 2.41. The van der Waals surface area contributed by atoms with Gasteiger partial charge in [-0.1, -0.05) is 6.92 Å². The molecule has 1 amide bonds. The van der Waals surface area contributed by atoms with E-state index in [0.29, 0.717) is 26.1 Å². The molecule has 0 unspecified atom stereocenters. The van der Waals surface area contributed by atoms with Gasteiger partial charge < -0.3 is 14.4 Å². The van der Waals surface area contributed by atoms with Gasteiger partial charge in [-0.15, -0.1) is 0 Å². The smallest absolute Gasteiger partial charge is 0.307 e. The molecule has 100 valence electrons. The summed E-state index contributed by atoms with van der Waals surface area (Å²) in [5.74, 6) is -0.196. The van der Waals surface area contributed by atoms with Crippen molar-refractivity contribution < 1.29 is 19.1 Å². The van der Waals surface area contributed by atoms with Gasteiger partial charge in [0.2, 0.25) is 5.91 Å². The second-order valence-corrected chi connectivity index (χ2v) is 3.80. The number of esters is 1. The lowest BCUT2D eigenvalue weighted by Gasteiger charge is -2.22. The summed E-state index contributed by atoms with van der Waals surface area (Å²) in [5, 5.41) is 0. The molecule has 0 fully saturated rings. The number of methoxy groups -OCH3 is 2. The van der Waals surface area contributed by atoms with Crippen molar-refractivity contribution in [3.05, 3.63) is 0 Å². The van der Waals surface area contributed by atoms with Gasteiger partial charge in [0.1, 0.15) is 0 Å². The number of ether oxygens (including phenoxy) is 2. The number of hydrogen-bond acceptors (Lipinski definition) is 4. The van der Waals surface area contributed by atoms with Gasteiger partial charge in [0.05, 0.1) is 13.5 Å². The largest absolute Gasteiger partial charge is 0.469 e. The lowest BCUT2D eigenvalue weighted by atomic mass is 10.2. The van der Waals surface area contributed by atoms with E-state index < -0.39 is 0 Å². The van der Waals surface area contributed by atoms with Gasteiger partial charge in [0, 0.05) is 33.2 Å². The summed E-state index contributed by atoms with van der Waals surface area (Å²) in [6.07, 6.45) is 2.37.